The molecule has 0 saturated heterocycles. The fourth-order valence-corrected chi connectivity index (χ4v) is 3.34. The maximum absolute atomic E-state index is 10.5. The van der Waals surface area contributed by atoms with Crippen molar-refractivity contribution in [3.05, 3.63) is 53.5 Å². The Morgan fingerprint density at radius 1 is 1.15 bits per heavy atom. The van der Waals surface area contributed by atoms with Gasteiger partial charge < -0.3 is 24.5 Å². The van der Waals surface area contributed by atoms with Gasteiger partial charge in [0, 0.05) is 11.8 Å². The van der Waals surface area contributed by atoms with E-state index < -0.39 is 0 Å². The summed E-state index contributed by atoms with van der Waals surface area (Å²) in [5, 5.41) is 19.1. The summed E-state index contributed by atoms with van der Waals surface area (Å²) >= 11 is 0. The summed E-state index contributed by atoms with van der Waals surface area (Å²) in [6.07, 6.45) is 0. The highest BCUT2D eigenvalue weighted by atomic mass is 16.7. The molecule has 7 heteroatoms. The van der Waals surface area contributed by atoms with Gasteiger partial charge in [-0.05, 0) is 36.8 Å². The number of aliphatic hydroxyl groups excluding tert-OH is 1. The minimum atomic E-state index is 0.114. The Kier molecular flexibility index (Phi) is 3.00. The third kappa shape index (κ3) is 2.13. The molecule has 0 unspecified atom stereocenters. The Hall–Kier alpha value is -3.48. The number of hydrogen-bond acceptors (Lipinski definition) is 5. The Bertz CT molecular complexity index is 1100. The Morgan fingerprint density at radius 3 is 2.88 bits per heavy atom. The van der Waals surface area contributed by atoms with Crippen molar-refractivity contribution in [2.45, 2.75) is 6.92 Å². The third-order valence-electron chi connectivity index (χ3n) is 4.65. The highest BCUT2D eigenvalue weighted by Gasteiger charge is 2.32. The number of aromatic nitrogens is 2. The standard InChI is InChI=1S/C19H16N4O3/c1-10-2-4-12-13(6-10)22-19(21-12)17-14(24)8-23(18(17)20)11-3-5-15-16(7-11)26-9-25-15/h2-7,20,24H,8-9H2,1H3,(H,21,22). The fourth-order valence-electron chi connectivity index (χ4n) is 3.34. The van der Waals surface area contributed by atoms with E-state index in [2.05, 4.69) is 9.97 Å². The van der Waals surface area contributed by atoms with Crippen LogP contribution in [-0.2, 0) is 0 Å². The van der Waals surface area contributed by atoms with Crippen molar-refractivity contribution in [3.8, 4) is 11.5 Å². The highest BCUT2D eigenvalue weighted by Crippen LogP contribution is 2.38. The van der Waals surface area contributed by atoms with Crippen molar-refractivity contribution in [2.75, 3.05) is 18.2 Å². The van der Waals surface area contributed by atoms with Crippen LogP contribution in [0.1, 0.15) is 11.4 Å². The summed E-state index contributed by atoms with van der Waals surface area (Å²) in [5.41, 5.74) is 3.98. The minimum absolute atomic E-state index is 0.114. The number of nitrogens with one attached hydrogen (secondary N) is 2. The predicted molar refractivity (Wildman–Crippen MR) is 98.0 cm³/mol. The first-order valence-corrected chi connectivity index (χ1v) is 8.25. The lowest BCUT2D eigenvalue weighted by Gasteiger charge is -2.18. The molecule has 3 heterocycles. The van der Waals surface area contributed by atoms with Crippen LogP contribution in [0.5, 0.6) is 11.5 Å². The first-order valence-electron chi connectivity index (χ1n) is 8.25. The summed E-state index contributed by atoms with van der Waals surface area (Å²) in [7, 11) is 0. The molecule has 0 atom stereocenters. The van der Waals surface area contributed by atoms with Crippen LogP contribution in [0.3, 0.4) is 0 Å². The van der Waals surface area contributed by atoms with E-state index >= 15 is 0 Å². The first kappa shape index (κ1) is 14.8. The lowest BCUT2D eigenvalue weighted by atomic mass is 10.2. The van der Waals surface area contributed by atoms with E-state index in [9.17, 15) is 5.11 Å². The van der Waals surface area contributed by atoms with E-state index in [-0.39, 0.29) is 24.9 Å². The van der Waals surface area contributed by atoms with E-state index in [4.69, 9.17) is 14.9 Å². The van der Waals surface area contributed by atoms with E-state index in [0.717, 1.165) is 22.3 Å². The van der Waals surface area contributed by atoms with Crippen LogP contribution in [0.25, 0.3) is 16.6 Å². The van der Waals surface area contributed by atoms with E-state index in [0.29, 0.717) is 22.9 Å². The second-order valence-corrected chi connectivity index (χ2v) is 6.40. The van der Waals surface area contributed by atoms with Gasteiger partial charge in [0.25, 0.3) is 0 Å². The molecule has 0 saturated carbocycles. The number of imidazole rings is 1. The number of benzene rings is 2. The van der Waals surface area contributed by atoms with Gasteiger partial charge in [0.05, 0.1) is 23.2 Å². The van der Waals surface area contributed by atoms with Crippen molar-refractivity contribution < 1.29 is 14.6 Å². The normalized spacial score (nSPS) is 16.2. The van der Waals surface area contributed by atoms with Crippen LogP contribution in [0.4, 0.5) is 5.69 Å². The summed E-state index contributed by atoms with van der Waals surface area (Å²) < 4.78 is 10.7. The average molecular weight is 348 g/mol. The van der Waals surface area contributed by atoms with Crippen LogP contribution in [0.15, 0.2) is 42.2 Å². The van der Waals surface area contributed by atoms with Gasteiger partial charge in [-0.15, -0.1) is 0 Å². The number of hydrogen-bond donors (Lipinski definition) is 3. The average Bonchev–Trinajstić information content (AvgIpc) is 3.30. The van der Waals surface area contributed by atoms with E-state index in [1.165, 1.54) is 0 Å². The summed E-state index contributed by atoms with van der Waals surface area (Å²) in [5.74, 6) is 2.13. The lowest BCUT2D eigenvalue weighted by molar-refractivity contribution is 0.174. The predicted octanol–water partition coefficient (Wildman–Crippen LogP) is 3.37. The summed E-state index contributed by atoms with van der Waals surface area (Å²) in [6.45, 7) is 2.42. The lowest BCUT2D eigenvalue weighted by Crippen LogP contribution is -2.26. The van der Waals surface area contributed by atoms with Gasteiger partial charge in [0.2, 0.25) is 6.79 Å². The number of aryl methyl sites for hydroxylation is 1. The molecule has 3 aromatic rings. The number of anilines is 1. The summed E-state index contributed by atoms with van der Waals surface area (Å²) in [6, 6.07) is 11.4. The molecule has 26 heavy (non-hydrogen) atoms. The van der Waals surface area contributed by atoms with Crippen molar-refractivity contribution in [2.24, 2.45) is 0 Å². The zero-order chi connectivity index (χ0) is 17.8. The molecule has 0 amide bonds. The molecule has 2 aliphatic heterocycles. The molecule has 1 aromatic heterocycles. The minimum Gasteiger partial charge on any atom is -0.509 e. The van der Waals surface area contributed by atoms with Crippen LogP contribution in [0, 0.1) is 12.3 Å². The largest absolute Gasteiger partial charge is 0.509 e. The maximum atomic E-state index is 10.5. The molecule has 0 fully saturated rings. The summed E-state index contributed by atoms with van der Waals surface area (Å²) in [4.78, 5) is 9.46. The van der Waals surface area contributed by atoms with E-state index in [1.807, 2.05) is 43.3 Å². The van der Waals surface area contributed by atoms with Crippen LogP contribution < -0.4 is 14.4 Å². The maximum Gasteiger partial charge on any atom is 0.231 e. The quantitative estimate of drug-likeness (QED) is 0.660. The van der Waals surface area contributed by atoms with Crippen molar-refractivity contribution >= 4 is 28.1 Å². The second-order valence-electron chi connectivity index (χ2n) is 6.40. The van der Waals surface area contributed by atoms with Gasteiger partial charge >= 0.3 is 0 Å². The number of aromatic amines is 1. The van der Waals surface area contributed by atoms with Gasteiger partial charge in [0.15, 0.2) is 11.5 Å². The molecule has 2 aromatic carbocycles. The van der Waals surface area contributed by atoms with Gasteiger partial charge in [-0.2, -0.15) is 0 Å². The number of H-pyrrole nitrogens is 1. The SMILES string of the molecule is Cc1ccc2nc(C3=C(O)CN(c4ccc5c(c4)OCO5)C3=N)[nH]c2c1. The van der Waals surface area contributed by atoms with Crippen LogP contribution in [0.2, 0.25) is 0 Å². The molecule has 2 aliphatic rings. The number of amidine groups is 1. The topological polar surface area (TPSA) is 94.5 Å². The highest BCUT2D eigenvalue weighted by molar-refractivity contribution is 6.30. The van der Waals surface area contributed by atoms with Crippen molar-refractivity contribution in [1.82, 2.24) is 9.97 Å². The molecule has 7 nitrogen and oxygen atoms in total. The Labute approximate surface area is 149 Å². The molecule has 0 aliphatic carbocycles. The van der Waals surface area contributed by atoms with Crippen LogP contribution in [-0.4, -0.2) is 34.2 Å². The third-order valence-corrected chi connectivity index (χ3v) is 4.65. The van der Waals surface area contributed by atoms with Crippen molar-refractivity contribution in [3.63, 3.8) is 0 Å². The number of rotatable bonds is 2. The molecule has 0 bridgehead atoms. The number of fused-ring (bicyclic) bond motifs is 2. The molecule has 3 N–H and O–H groups in total. The smallest absolute Gasteiger partial charge is 0.231 e. The van der Waals surface area contributed by atoms with E-state index in [1.54, 1.807) is 4.90 Å². The zero-order valence-electron chi connectivity index (χ0n) is 14.0. The Balaban J connectivity index is 1.52. The molecule has 5 rings (SSSR count). The molecule has 0 spiro atoms. The monoisotopic (exact) mass is 348 g/mol. The number of aliphatic hydroxyl groups is 1. The fraction of sp³-hybridized carbons (Fsp3) is 0.158. The molecular weight excluding hydrogens is 332 g/mol. The molecular formula is C19H16N4O3. The van der Waals surface area contributed by atoms with Crippen molar-refractivity contribution in [1.29, 1.82) is 5.41 Å². The van der Waals surface area contributed by atoms with Crippen LogP contribution >= 0.6 is 0 Å². The van der Waals surface area contributed by atoms with Gasteiger partial charge in [-0.25, -0.2) is 4.98 Å². The number of ether oxygens (including phenoxy) is 2. The molecule has 130 valence electrons. The van der Waals surface area contributed by atoms with Gasteiger partial charge in [-0.3, -0.25) is 5.41 Å². The Morgan fingerprint density at radius 2 is 2.00 bits per heavy atom. The first-order chi connectivity index (χ1) is 12.6. The number of nitrogens with zero attached hydrogens (tertiary/aromatic N) is 2. The van der Waals surface area contributed by atoms with Gasteiger partial charge in [-0.1, -0.05) is 6.07 Å². The molecule has 0 radical (unpaired) electrons. The van der Waals surface area contributed by atoms with Gasteiger partial charge in [0.1, 0.15) is 17.4 Å². The zero-order valence-corrected chi connectivity index (χ0v) is 14.0. The second kappa shape index (κ2) is 5.26.